The average molecular weight is 230 g/mol. The largest absolute Gasteiger partial charge is 0.426 e. The van der Waals surface area contributed by atoms with E-state index in [1.54, 1.807) is 12.1 Å². The zero-order valence-corrected chi connectivity index (χ0v) is 8.86. The van der Waals surface area contributed by atoms with E-state index in [1.165, 1.54) is 6.07 Å². The van der Waals surface area contributed by atoms with Gasteiger partial charge in [0.05, 0.1) is 0 Å². The van der Waals surface area contributed by atoms with E-state index < -0.39 is 11.8 Å². The predicted octanol–water partition coefficient (Wildman–Crippen LogP) is 2.46. The van der Waals surface area contributed by atoms with Crippen LogP contribution in [-0.4, -0.2) is 6.18 Å². The average Bonchev–Trinajstić information content (AvgIpc) is 2.98. The molecule has 0 amide bonds. The van der Waals surface area contributed by atoms with Crippen LogP contribution in [0.2, 0.25) is 0 Å². The second-order valence-corrected chi connectivity index (χ2v) is 3.95. The number of alkyl halides is 3. The summed E-state index contributed by atoms with van der Waals surface area (Å²) in [7, 11) is 0. The van der Waals surface area contributed by atoms with Crippen molar-refractivity contribution in [3.8, 4) is 0 Å². The van der Waals surface area contributed by atoms with E-state index in [-0.39, 0.29) is 5.56 Å². The van der Waals surface area contributed by atoms with E-state index in [9.17, 15) is 13.2 Å². The molecule has 88 valence electrons. The van der Waals surface area contributed by atoms with Crippen molar-refractivity contribution in [1.29, 1.82) is 0 Å². The maximum atomic E-state index is 12.8. The highest BCUT2D eigenvalue weighted by molar-refractivity contribution is 5.33. The molecule has 0 radical (unpaired) electrons. The SMILES string of the molecule is CCCc1cccc(C2(C(F)(F)F)NN2)c1. The molecular formula is C11H13F3N2. The van der Waals surface area contributed by atoms with Crippen molar-refractivity contribution >= 4 is 0 Å². The molecule has 2 rings (SSSR count). The Labute approximate surface area is 91.8 Å². The van der Waals surface area contributed by atoms with Gasteiger partial charge in [0.15, 0.2) is 0 Å². The summed E-state index contributed by atoms with van der Waals surface area (Å²) in [5.41, 5.74) is 3.52. The second-order valence-electron chi connectivity index (χ2n) is 3.95. The zero-order valence-electron chi connectivity index (χ0n) is 8.86. The molecular weight excluding hydrogens is 217 g/mol. The molecule has 1 heterocycles. The van der Waals surface area contributed by atoms with E-state index in [2.05, 4.69) is 10.9 Å². The van der Waals surface area contributed by atoms with Crippen LogP contribution in [0.3, 0.4) is 0 Å². The topological polar surface area (TPSA) is 43.9 Å². The van der Waals surface area contributed by atoms with Gasteiger partial charge in [0.2, 0.25) is 5.66 Å². The number of hydrogen-bond acceptors (Lipinski definition) is 2. The number of halogens is 3. The minimum Gasteiger partial charge on any atom is -0.223 e. The molecule has 1 aromatic carbocycles. The van der Waals surface area contributed by atoms with E-state index in [0.717, 1.165) is 18.4 Å². The van der Waals surface area contributed by atoms with Gasteiger partial charge in [-0.2, -0.15) is 13.2 Å². The third-order valence-electron chi connectivity index (χ3n) is 2.70. The molecule has 0 bridgehead atoms. The van der Waals surface area contributed by atoms with Crippen molar-refractivity contribution in [2.24, 2.45) is 0 Å². The number of benzene rings is 1. The zero-order chi connectivity index (χ0) is 11.8. The summed E-state index contributed by atoms with van der Waals surface area (Å²) in [6.07, 6.45) is -2.61. The highest BCUT2D eigenvalue weighted by Gasteiger charge is 2.65. The molecule has 1 aromatic rings. The summed E-state index contributed by atoms with van der Waals surface area (Å²) in [6.45, 7) is 2.00. The molecule has 1 saturated heterocycles. The first kappa shape index (κ1) is 11.4. The summed E-state index contributed by atoms with van der Waals surface area (Å²) in [5.74, 6) is 0. The van der Waals surface area contributed by atoms with Crippen LogP contribution in [0.1, 0.15) is 24.5 Å². The fraction of sp³-hybridized carbons (Fsp3) is 0.455. The summed E-state index contributed by atoms with van der Waals surface area (Å²) in [6, 6.07) is 6.60. The van der Waals surface area contributed by atoms with E-state index in [0.29, 0.717) is 0 Å². The van der Waals surface area contributed by atoms with Crippen LogP contribution in [-0.2, 0) is 12.1 Å². The molecule has 0 aromatic heterocycles. The Balaban J connectivity index is 2.31. The van der Waals surface area contributed by atoms with Gasteiger partial charge in [-0.3, -0.25) is 0 Å². The van der Waals surface area contributed by atoms with Crippen LogP contribution < -0.4 is 10.9 Å². The van der Waals surface area contributed by atoms with Gasteiger partial charge in [-0.1, -0.05) is 37.6 Å². The Bertz CT molecular complexity index is 383. The van der Waals surface area contributed by atoms with E-state index in [1.807, 2.05) is 13.0 Å². The highest BCUT2D eigenvalue weighted by Crippen LogP contribution is 2.42. The fourth-order valence-electron chi connectivity index (χ4n) is 1.76. The maximum Gasteiger partial charge on any atom is 0.426 e. The van der Waals surface area contributed by atoms with E-state index in [4.69, 9.17) is 0 Å². The summed E-state index contributed by atoms with van der Waals surface area (Å²) in [4.78, 5) is 0. The maximum absolute atomic E-state index is 12.8. The summed E-state index contributed by atoms with van der Waals surface area (Å²) >= 11 is 0. The third-order valence-corrected chi connectivity index (χ3v) is 2.70. The molecule has 1 aliphatic heterocycles. The standard InChI is InChI=1S/C11H13F3N2/c1-2-4-8-5-3-6-9(7-8)10(15-16-10)11(12,13)14/h3,5-7,15-16H,2,4H2,1H3. The number of aryl methyl sites for hydroxylation is 1. The Morgan fingerprint density at radius 1 is 1.25 bits per heavy atom. The minimum atomic E-state index is -4.32. The Hall–Kier alpha value is -1.07. The van der Waals surface area contributed by atoms with Crippen LogP contribution in [0, 0.1) is 0 Å². The molecule has 2 nitrogen and oxygen atoms in total. The molecule has 0 spiro atoms. The van der Waals surface area contributed by atoms with Crippen LogP contribution >= 0.6 is 0 Å². The lowest BCUT2D eigenvalue weighted by molar-refractivity contribution is -0.165. The van der Waals surface area contributed by atoms with Gasteiger partial charge in [0.1, 0.15) is 0 Å². The number of rotatable bonds is 3. The predicted molar refractivity (Wildman–Crippen MR) is 54.4 cm³/mol. The highest BCUT2D eigenvalue weighted by atomic mass is 19.4. The second kappa shape index (κ2) is 3.75. The van der Waals surface area contributed by atoms with Gasteiger partial charge in [-0.15, -0.1) is 0 Å². The van der Waals surface area contributed by atoms with Crippen molar-refractivity contribution in [1.82, 2.24) is 10.9 Å². The molecule has 16 heavy (non-hydrogen) atoms. The lowest BCUT2D eigenvalue weighted by atomic mass is 9.99. The molecule has 2 N–H and O–H groups in total. The van der Waals surface area contributed by atoms with Crippen LogP contribution in [0.15, 0.2) is 24.3 Å². The van der Waals surface area contributed by atoms with Gasteiger partial charge in [-0.25, -0.2) is 10.9 Å². The molecule has 0 atom stereocenters. The summed E-state index contributed by atoms with van der Waals surface area (Å²) in [5, 5.41) is 0. The minimum absolute atomic E-state index is 0.228. The first-order valence-corrected chi connectivity index (χ1v) is 5.20. The van der Waals surface area contributed by atoms with Gasteiger partial charge >= 0.3 is 6.18 Å². The fourth-order valence-corrected chi connectivity index (χ4v) is 1.76. The van der Waals surface area contributed by atoms with Crippen LogP contribution in [0.4, 0.5) is 13.2 Å². The monoisotopic (exact) mass is 230 g/mol. The number of hydrazine groups is 1. The first-order chi connectivity index (χ1) is 7.49. The normalized spacial score (nSPS) is 18.5. The Morgan fingerprint density at radius 2 is 1.94 bits per heavy atom. The lowest BCUT2D eigenvalue weighted by Gasteiger charge is -2.16. The third kappa shape index (κ3) is 1.81. The van der Waals surface area contributed by atoms with Crippen molar-refractivity contribution in [3.05, 3.63) is 35.4 Å². The van der Waals surface area contributed by atoms with Gasteiger partial charge in [-0.05, 0) is 17.5 Å². The Kier molecular flexibility index (Phi) is 2.67. The smallest absolute Gasteiger partial charge is 0.223 e. The molecule has 1 aliphatic rings. The lowest BCUT2D eigenvalue weighted by Crippen LogP contribution is -2.34. The van der Waals surface area contributed by atoms with Crippen molar-refractivity contribution in [2.75, 3.05) is 0 Å². The molecule has 0 saturated carbocycles. The Morgan fingerprint density at radius 3 is 2.44 bits per heavy atom. The molecule has 1 fully saturated rings. The van der Waals surface area contributed by atoms with Crippen molar-refractivity contribution in [3.63, 3.8) is 0 Å². The van der Waals surface area contributed by atoms with Gasteiger partial charge in [0.25, 0.3) is 0 Å². The van der Waals surface area contributed by atoms with Gasteiger partial charge < -0.3 is 0 Å². The van der Waals surface area contributed by atoms with Crippen molar-refractivity contribution in [2.45, 2.75) is 31.6 Å². The molecule has 0 aliphatic carbocycles. The number of hydrogen-bond donors (Lipinski definition) is 2. The molecule has 0 unspecified atom stereocenters. The number of nitrogens with one attached hydrogen (secondary N) is 2. The van der Waals surface area contributed by atoms with Crippen LogP contribution in [0.5, 0.6) is 0 Å². The van der Waals surface area contributed by atoms with Crippen LogP contribution in [0.25, 0.3) is 0 Å². The van der Waals surface area contributed by atoms with Crippen molar-refractivity contribution < 1.29 is 13.2 Å². The molecule has 5 heteroatoms. The quantitative estimate of drug-likeness (QED) is 0.783. The van der Waals surface area contributed by atoms with Gasteiger partial charge in [0, 0.05) is 0 Å². The summed E-state index contributed by atoms with van der Waals surface area (Å²) < 4.78 is 38.3. The van der Waals surface area contributed by atoms with E-state index >= 15 is 0 Å². The first-order valence-electron chi connectivity index (χ1n) is 5.20.